The molecule has 1 fully saturated rings. The SMILES string of the molecule is O=C(Nc1ccc(C(=O)N2CCN(c3nccs3)CC2)cc1)c1ccco1. The molecular weight excluding hydrogens is 364 g/mol. The first-order chi connectivity index (χ1) is 13.2. The lowest BCUT2D eigenvalue weighted by Gasteiger charge is -2.34. The summed E-state index contributed by atoms with van der Waals surface area (Å²) in [6.45, 7) is 2.87. The third-order valence-corrected chi connectivity index (χ3v) is 5.22. The largest absolute Gasteiger partial charge is 0.459 e. The van der Waals surface area contributed by atoms with Gasteiger partial charge in [-0.1, -0.05) is 0 Å². The maximum absolute atomic E-state index is 12.7. The van der Waals surface area contributed by atoms with Crippen LogP contribution in [-0.2, 0) is 0 Å². The predicted octanol–water partition coefficient (Wildman–Crippen LogP) is 2.95. The number of benzene rings is 1. The van der Waals surface area contributed by atoms with Crippen LogP contribution >= 0.6 is 11.3 Å². The minimum Gasteiger partial charge on any atom is -0.459 e. The number of carbonyl (C=O) groups is 2. The second-order valence-corrected chi connectivity index (χ2v) is 6.98. The van der Waals surface area contributed by atoms with Crippen LogP contribution in [0.4, 0.5) is 10.8 Å². The first-order valence-electron chi connectivity index (χ1n) is 8.59. The van der Waals surface area contributed by atoms with Crippen LogP contribution in [0.5, 0.6) is 0 Å². The number of nitrogens with zero attached hydrogens (tertiary/aromatic N) is 3. The summed E-state index contributed by atoms with van der Waals surface area (Å²) in [4.78, 5) is 33.0. The van der Waals surface area contributed by atoms with Crippen LogP contribution in [0.15, 0.2) is 58.7 Å². The maximum Gasteiger partial charge on any atom is 0.291 e. The first-order valence-corrected chi connectivity index (χ1v) is 9.47. The third kappa shape index (κ3) is 3.85. The van der Waals surface area contributed by atoms with E-state index in [0.717, 1.165) is 18.2 Å². The van der Waals surface area contributed by atoms with Crippen molar-refractivity contribution in [2.24, 2.45) is 0 Å². The summed E-state index contributed by atoms with van der Waals surface area (Å²) < 4.78 is 5.06. The van der Waals surface area contributed by atoms with Crippen LogP contribution in [0.2, 0.25) is 0 Å². The molecule has 0 spiro atoms. The monoisotopic (exact) mass is 382 g/mol. The zero-order valence-corrected chi connectivity index (χ0v) is 15.3. The molecule has 0 aliphatic carbocycles. The summed E-state index contributed by atoms with van der Waals surface area (Å²) in [5, 5.41) is 5.70. The van der Waals surface area contributed by atoms with Crippen LogP contribution < -0.4 is 10.2 Å². The van der Waals surface area contributed by atoms with E-state index in [9.17, 15) is 9.59 Å². The minimum atomic E-state index is -0.322. The second-order valence-electron chi connectivity index (χ2n) is 6.10. The molecule has 2 amide bonds. The van der Waals surface area contributed by atoms with Crippen LogP contribution in [0.3, 0.4) is 0 Å². The standard InChI is InChI=1S/C19H18N4O3S/c24-17(16-2-1-12-26-16)21-15-5-3-14(4-6-15)18(25)22-8-10-23(11-9-22)19-20-7-13-27-19/h1-7,12-13H,8-11H2,(H,21,24). The van der Waals surface area contributed by atoms with Gasteiger partial charge in [0.05, 0.1) is 6.26 Å². The van der Waals surface area contributed by atoms with Gasteiger partial charge in [0.2, 0.25) is 0 Å². The number of thiazole rings is 1. The molecule has 27 heavy (non-hydrogen) atoms. The number of nitrogens with one attached hydrogen (secondary N) is 1. The number of hydrogen-bond acceptors (Lipinski definition) is 6. The van der Waals surface area contributed by atoms with Crippen LogP contribution in [0, 0.1) is 0 Å². The molecule has 0 unspecified atom stereocenters. The molecule has 3 aromatic rings. The highest BCUT2D eigenvalue weighted by Crippen LogP contribution is 2.20. The average Bonchev–Trinajstić information content (AvgIpc) is 3.42. The van der Waals surface area contributed by atoms with Crippen LogP contribution in [0.1, 0.15) is 20.9 Å². The fourth-order valence-electron chi connectivity index (χ4n) is 2.95. The molecule has 4 rings (SSSR count). The Morgan fingerprint density at radius 2 is 1.85 bits per heavy atom. The summed E-state index contributed by atoms with van der Waals surface area (Å²) in [5.41, 5.74) is 1.22. The molecule has 2 aromatic heterocycles. The Morgan fingerprint density at radius 1 is 1.07 bits per heavy atom. The molecule has 0 saturated carbocycles. The Balaban J connectivity index is 1.35. The lowest BCUT2D eigenvalue weighted by molar-refractivity contribution is 0.0746. The van der Waals surface area contributed by atoms with Gasteiger partial charge in [-0.15, -0.1) is 11.3 Å². The van der Waals surface area contributed by atoms with Crippen molar-refractivity contribution in [2.75, 3.05) is 36.4 Å². The maximum atomic E-state index is 12.7. The van der Waals surface area contributed by atoms with Gasteiger partial charge in [-0.3, -0.25) is 9.59 Å². The zero-order valence-electron chi connectivity index (χ0n) is 14.5. The lowest BCUT2D eigenvalue weighted by atomic mass is 10.1. The summed E-state index contributed by atoms with van der Waals surface area (Å²) in [5.74, 6) is -0.0802. The Bertz CT molecular complexity index is 899. The van der Waals surface area contributed by atoms with E-state index in [0.29, 0.717) is 24.3 Å². The van der Waals surface area contributed by atoms with Gasteiger partial charge in [-0.05, 0) is 36.4 Å². The van der Waals surface area contributed by atoms with E-state index in [4.69, 9.17) is 4.42 Å². The predicted molar refractivity (Wildman–Crippen MR) is 103 cm³/mol. The lowest BCUT2D eigenvalue weighted by Crippen LogP contribution is -2.48. The molecule has 1 aliphatic heterocycles. The van der Waals surface area contributed by atoms with E-state index >= 15 is 0 Å². The van der Waals surface area contributed by atoms with Crippen molar-refractivity contribution >= 4 is 34.0 Å². The van der Waals surface area contributed by atoms with Crippen molar-refractivity contribution in [3.05, 3.63) is 65.6 Å². The Kier molecular flexibility index (Phi) is 4.88. The second kappa shape index (κ2) is 7.63. The minimum absolute atomic E-state index is 0.00213. The van der Waals surface area contributed by atoms with Crippen molar-refractivity contribution in [1.82, 2.24) is 9.88 Å². The van der Waals surface area contributed by atoms with E-state index in [-0.39, 0.29) is 17.6 Å². The summed E-state index contributed by atoms with van der Waals surface area (Å²) >= 11 is 1.61. The topological polar surface area (TPSA) is 78.7 Å². The Morgan fingerprint density at radius 3 is 2.48 bits per heavy atom. The highest BCUT2D eigenvalue weighted by molar-refractivity contribution is 7.13. The number of hydrogen-bond donors (Lipinski definition) is 1. The molecule has 1 aliphatic rings. The molecule has 1 saturated heterocycles. The molecule has 0 atom stereocenters. The molecule has 0 radical (unpaired) electrons. The molecule has 138 valence electrons. The molecule has 0 bridgehead atoms. The smallest absolute Gasteiger partial charge is 0.291 e. The molecular formula is C19H18N4O3S. The highest BCUT2D eigenvalue weighted by Gasteiger charge is 2.23. The number of rotatable bonds is 4. The van der Waals surface area contributed by atoms with Gasteiger partial charge in [-0.25, -0.2) is 4.98 Å². The molecule has 1 N–H and O–H groups in total. The molecule has 7 nitrogen and oxygen atoms in total. The molecule has 1 aromatic carbocycles. The number of anilines is 2. The average molecular weight is 382 g/mol. The number of aromatic nitrogens is 1. The number of carbonyl (C=O) groups excluding carboxylic acids is 2. The van der Waals surface area contributed by atoms with Crippen molar-refractivity contribution in [3.8, 4) is 0 Å². The van der Waals surface area contributed by atoms with Crippen molar-refractivity contribution in [2.45, 2.75) is 0 Å². The van der Waals surface area contributed by atoms with Gasteiger partial charge < -0.3 is 19.5 Å². The third-order valence-electron chi connectivity index (χ3n) is 4.39. The number of piperazine rings is 1. The van der Waals surface area contributed by atoms with Gasteiger partial charge in [-0.2, -0.15) is 0 Å². The van der Waals surface area contributed by atoms with E-state index in [1.54, 1.807) is 53.9 Å². The van der Waals surface area contributed by atoms with Crippen LogP contribution in [0.25, 0.3) is 0 Å². The van der Waals surface area contributed by atoms with Gasteiger partial charge in [0.25, 0.3) is 11.8 Å². The van der Waals surface area contributed by atoms with E-state index < -0.39 is 0 Å². The van der Waals surface area contributed by atoms with Gasteiger partial charge in [0, 0.05) is 49.0 Å². The fourth-order valence-corrected chi connectivity index (χ4v) is 3.65. The number of furan rings is 1. The van der Waals surface area contributed by atoms with Gasteiger partial charge >= 0.3 is 0 Å². The fraction of sp³-hybridized carbons (Fsp3) is 0.211. The summed E-state index contributed by atoms with van der Waals surface area (Å²) in [7, 11) is 0. The summed E-state index contributed by atoms with van der Waals surface area (Å²) in [6.07, 6.45) is 3.24. The quantitative estimate of drug-likeness (QED) is 0.751. The molecule has 3 heterocycles. The normalized spacial score (nSPS) is 14.2. The van der Waals surface area contributed by atoms with E-state index in [2.05, 4.69) is 15.2 Å². The number of amides is 2. The van der Waals surface area contributed by atoms with Crippen molar-refractivity contribution < 1.29 is 14.0 Å². The first kappa shape index (κ1) is 17.3. The van der Waals surface area contributed by atoms with Crippen molar-refractivity contribution in [1.29, 1.82) is 0 Å². The Labute approximate surface area is 160 Å². The summed E-state index contributed by atoms with van der Waals surface area (Å²) in [6, 6.07) is 10.2. The van der Waals surface area contributed by atoms with E-state index in [1.165, 1.54) is 6.26 Å². The van der Waals surface area contributed by atoms with Gasteiger partial charge in [0.15, 0.2) is 10.9 Å². The molecule has 8 heteroatoms. The highest BCUT2D eigenvalue weighted by atomic mass is 32.1. The van der Waals surface area contributed by atoms with Crippen LogP contribution in [-0.4, -0.2) is 47.9 Å². The zero-order chi connectivity index (χ0) is 18.6. The van der Waals surface area contributed by atoms with Gasteiger partial charge in [0.1, 0.15) is 0 Å². The van der Waals surface area contributed by atoms with E-state index in [1.807, 2.05) is 10.3 Å². The van der Waals surface area contributed by atoms with Crippen molar-refractivity contribution in [3.63, 3.8) is 0 Å². The Hall–Kier alpha value is -3.13.